The lowest BCUT2D eigenvalue weighted by molar-refractivity contribution is -0.120. The number of carbonyl (C=O) groups is 1. The van der Waals surface area contributed by atoms with Crippen LogP contribution in [0.4, 0.5) is 5.82 Å². The Bertz CT molecular complexity index is 1250. The van der Waals surface area contributed by atoms with E-state index in [9.17, 15) is 4.79 Å². The van der Waals surface area contributed by atoms with Gasteiger partial charge in [0.15, 0.2) is 11.5 Å². The number of fused-ring (bicyclic) bond motifs is 1. The summed E-state index contributed by atoms with van der Waals surface area (Å²) in [6.07, 6.45) is 4.82. The van der Waals surface area contributed by atoms with Crippen molar-refractivity contribution in [1.29, 1.82) is 0 Å². The number of benzene rings is 1. The van der Waals surface area contributed by atoms with Crippen molar-refractivity contribution in [2.24, 2.45) is 5.92 Å². The fourth-order valence-electron chi connectivity index (χ4n) is 3.86. The summed E-state index contributed by atoms with van der Waals surface area (Å²) in [5.74, 6) is 1.12. The standard InChI is InChI=1S/C23H27N7O/c1-6-17(7-2)23(31)27-20-11-16(5)28-30(20)22-18-12-26-29(21(18)24-13-25-22)19-9-8-14(3)10-15(19)4/h8-13,17H,6-7H2,1-5H3,(H,27,31). The number of hydrogen-bond donors (Lipinski definition) is 1. The molecule has 3 aromatic heterocycles. The highest BCUT2D eigenvalue weighted by Gasteiger charge is 2.20. The number of rotatable bonds is 6. The Morgan fingerprint density at radius 1 is 1.06 bits per heavy atom. The predicted molar refractivity (Wildman–Crippen MR) is 121 cm³/mol. The molecule has 0 saturated carbocycles. The molecule has 1 N–H and O–H groups in total. The van der Waals surface area contributed by atoms with Gasteiger partial charge in [-0.05, 0) is 45.2 Å². The molecule has 3 heterocycles. The first-order valence-corrected chi connectivity index (χ1v) is 10.6. The Morgan fingerprint density at radius 3 is 2.55 bits per heavy atom. The molecule has 0 bridgehead atoms. The zero-order chi connectivity index (χ0) is 22.1. The number of nitrogens with one attached hydrogen (secondary N) is 1. The minimum atomic E-state index is -0.0404. The van der Waals surface area contributed by atoms with Crippen molar-refractivity contribution >= 4 is 22.8 Å². The molecule has 0 radical (unpaired) electrons. The number of nitrogens with zero attached hydrogens (tertiary/aromatic N) is 6. The lowest BCUT2D eigenvalue weighted by Gasteiger charge is -2.14. The molecule has 160 valence electrons. The lowest BCUT2D eigenvalue weighted by Crippen LogP contribution is -2.23. The van der Waals surface area contributed by atoms with Crippen LogP contribution < -0.4 is 5.32 Å². The Labute approximate surface area is 181 Å². The molecule has 1 amide bonds. The quantitative estimate of drug-likeness (QED) is 0.505. The Balaban J connectivity index is 1.80. The number of amides is 1. The minimum Gasteiger partial charge on any atom is -0.310 e. The normalized spacial score (nSPS) is 11.4. The van der Waals surface area contributed by atoms with E-state index >= 15 is 0 Å². The third kappa shape index (κ3) is 3.81. The van der Waals surface area contributed by atoms with Gasteiger partial charge in [-0.25, -0.2) is 14.6 Å². The van der Waals surface area contributed by atoms with E-state index in [2.05, 4.69) is 51.5 Å². The molecule has 0 atom stereocenters. The monoisotopic (exact) mass is 417 g/mol. The molecule has 4 aromatic rings. The summed E-state index contributed by atoms with van der Waals surface area (Å²) in [4.78, 5) is 21.6. The number of anilines is 1. The van der Waals surface area contributed by atoms with Gasteiger partial charge in [-0.1, -0.05) is 31.5 Å². The molecular formula is C23H27N7O. The summed E-state index contributed by atoms with van der Waals surface area (Å²) >= 11 is 0. The second-order valence-corrected chi connectivity index (χ2v) is 7.87. The summed E-state index contributed by atoms with van der Waals surface area (Å²) < 4.78 is 3.47. The van der Waals surface area contributed by atoms with Crippen LogP contribution >= 0.6 is 0 Å². The fraction of sp³-hybridized carbons (Fsp3) is 0.348. The van der Waals surface area contributed by atoms with E-state index in [4.69, 9.17) is 0 Å². The fourth-order valence-corrected chi connectivity index (χ4v) is 3.86. The zero-order valence-corrected chi connectivity index (χ0v) is 18.5. The Morgan fingerprint density at radius 2 is 1.84 bits per heavy atom. The van der Waals surface area contributed by atoms with Gasteiger partial charge in [-0.3, -0.25) is 4.79 Å². The van der Waals surface area contributed by atoms with Gasteiger partial charge in [0.2, 0.25) is 5.91 Å². The number of aryl methyl sites for hydroxylation is 3. The highest BCUT2D eigenvalue weighted by atomic mass is 16.2. The highest BCUT2D eigenvalue weighted by Crippen LogP contribution is 2.26. The first-order valence-electron chi connectivity index (χ1n) is 10.6. The molecule has 8 nitrogen and oxygen atoms in total. The van der Waals surface area contributed by atoms with E-state index in [-0.39, 0.29) is 11.8 Å². The van der Waals surface area contributed by atoms with Gasteiger partial charge in [0.25, 0.3) is 0 Å². The summed E-state index contributed by atoms with van der Waals surface area (Å²) in [6.45, 7) is 10.0. The van der Waals surface area contributed by atoms with Crippen molar-refractivity contribution in [3.8, 4) is 11.5 Å². The molecule has 0 spiro atoms. The van der Waals surface area contributed by atoms with Crippen molar-refractivity contribution in [1.82, 2.24) is 29.5 Å². The Hall–Kier alpha value is -3.55. The van der Waals surface area contributed by atoms with Gasteiger partial charge in [-0.15, -0.1) is 0 Å². The van der Waals surface area contributed by atoms with Gasteiger partial charge >= 0.3 is 0 Å². The summed E-state index contributed by atoms with van der Waals surface area (Å²) in [5.41, 5.74) is 4.73. The molecule has 8 heteroatoms. The molecule has 4 rings (SSSR count). The van der Waals surface area contributed by atoms with E-state index in [1.54, 1.807) is 10.9 Å². The van der Waals surface area contributed by atoms with Crippen molar-refractivity contribution in [3.63, 3.8) is 0 Å². The third-order valence-electron chi connectivity index (χ3n) is 5.57. The SMILES string of the molecule is CCC(CC)C(=O)Nc1cc(C)nn1-c1ncnc2c1cnn2-c1ccc(C)cc1C. The number of hydrogen-bond acceptors (Lipinski definition) is 5. The van der Waals surface area contributed by atoms with Crippen LogP contribution in [0.5, 0.6) is 0 Å². The van der Waals surface area contributed by atoms with Crippen LogP contribution in [0.2, 0.25) is 0 Å². The predicted octanol–water partition coefficient (Wildman–Crippen LogP) is 4.30. The van der Waals surface area contributed by atoms with Gasteiger partial charge in [0, 0.05) is 12.0 Å². The van der Waals surface area contributed by atoms with Gasteiger partial charge in [-0.2, -0.15) is 14.9 Å². The maximum atomic E-state index is 12.7. The van der Waals surface area contributed by atoms with Crippen LogP contribution in [-0.2, 0) is 4.79 Å². The van der Waals surface area contributed by atoms with Crippen LogP contribution in [0.3, 0.4) is 0 Å². The van der Waals surface area contributed by atoms with Gasteiger partial charge in [0.05, 0.1) is 23.0 Å². The van der Waals surface area contributed by atoms with Gasteiger partial charge < -0.3 is 5.32 Å². The van der Waals surface area contributed by atoms with Crippen molar-refractivity contribution in [3.05, 3.63) is 53.6 Å². The van der Waals surface area contributed by atoms with E-state index in [0.29, 0.717) is 17.3 Å². The highest BCUT2D eigenvalue weighted by molar-refractivity contribution is 5.92. The molecule has 0 aliphatic carbocycles. The van der Waals surface area contributed by atoms with Crippen molar-refractivity contribution < 1.29 is 4.79 Å². The van der Waals surface area contributed by atoms with Crippen LogP contribution in [0.15, 0.2) is 36.8 Å². The maximum absolute atomic E-state index is 12.7. The van der Waals surface area contributed by atoms with E-state index < -0.39 is 0 Å². The molecule has 0 unspecified atom stereocenters. The molecule has 1 aromatic carbocycles. The molecular weight excluding hydrogens is 390 g/mol. The molecule has 0 saturated heterocycles. The summed E-state index contributed by atoms with van der Waals surface area (Å²) in [6, 6.07) is 8.06. The topological polar surface area (TPSA) is 90.5 Å². The molecule has 0 aliphatic rings. The van der Waals surface area contributed by atoms with Crippen LogP contribution in [0.25, 0.3) is 22.5 Å². The maximum Gasteiger partial charge on any atom is 0.228 e. The first kappa shape index (κ1) is 20.7. The molecule has 31 heavy (non-hydrogen) atoms. The number of aromatic nitrogens is 6. The molecule has 0 aliphatic heterocycles. The smallest absolute Gasteiger partial charge is 0.228 e. The second-order valence-electron chi connectivity index (χ2n) is 7.87. The van der Waals surface area contributed by atoms with Crippen molar-refractivity contribution in [2.75, 3.05) is 5.32 Å². The van der Waals surface area contributed by atoms with Crippen LogP contribution in [-0.4, -0.2) is 35.4 Å². The zero-order valence-electron chi connectivity index (χ0n) is 18.5. The van der Waals surface area contributed by atoms with E-state index in [1.807, 2.05) is 37.6 Å². The average molecular weight is 418 g/mol. The van der Waals surface area contributed by atoms with E-state index in [1.165, 1.54) is 11.9 Å². The largest absolute Gasteiger partial charge is 0.310 e. The van der Waals surface area contributed by atoms with E-state index in [0.717, 1.165) is 35.2 Å². The van der Waals surface area contributed by atoms with Crippen LogP contribution in [0, 0.1) is 26.7 Å². The van der Waals surface area contributed by atoms with Crippen LogP contribution in [0.1, 0.15) is 43.5 Å². The first-order chi connectivity index (χ1) is 14.9. The van der Waals surface area contributed by atoms with Gasteiger partial charge in [0.1, 0.15) is 12.1 Å². The molecule has 0 fully saturated rings. The lowest BCUT2D eigenvalue weighted by atomic mass is 10.0. The summed E-state index contributed by atoms with van der Waals surface area (Å²) in [5, 5.41) is 12.9. The Kier molecular flexibility index (Phi) is 5.54. The second kappa shape index (κ2) is 8.29. The third-order valence-corrected chi connectivity index (χ3v) is 5.57. The number of carbonyl (C=O) groups excluding carboxylic acids is 1. The van der Waals surface area contributed by atoms with Crippen molar-refractivity contribution in [2.45, 2.75) is 47.5 Å². The summed E-state index contributed by atoms with van der Waals surface area (Å²) in [7, 11) is 0. The minimum absolute atomic E-state index is 0.0116. The average Bonchev–Trinajstić information content (AvgIpc) is 3.32.